The van der Waals surface area contributed by atoms with Gasteiger partial charge < -0.3 is 19.2 Å². The van der Waals surface area contributed by atoms with Gasteiger partial charge in [-0.25, -0.2) is 4.98 Å². The Kier molecular flexibility index (Phi) is 7.23. The van der Waals surface area contributed by atoms with Crippen LogP contribution in [0.4, 0.5) is 0 Å². The van der Waals surface area contributed by atoms with Crippen molar-refractivity contribution < 1.29 is 18.7 Å². The van der Waals surface area contributed by atoms with Crippen LogP contribution >= 0.6 is 0 Å². The summed E-state index contributed by atoms with van der Waals surface area (Å²) in [5.41, 5.74) is 6.09. The predicted molar refractivity (Wildman–Crippen MR) is 140 cm³/mol. The van der Waals surface area contributed by atoms with Gasteiger partial charge in [-0.2, -0.15) is 0 Å². The van der Waals surface area contributed by atoms with Crippen molar-refractivity contribution >= 4 is 5.91 Å². The number of fused-ring (bicyclic) bond motifs is 1. The van der Waals surface area contributed by atoms with Gasteiger partial charge in [0.2, 0.25) is 12.7 Å². The van der Waals surface area contributed by atoms with Gasteiger partial charge in [0.25, 0.3) is 5.91 Å². The highest BCUT2D eigenvalue weighted by Crippen LogP contribution is 2.33. The minimum Gasteiger partial charge on any atom is -0.454 e. The Morgan fingerprint density at radius 1 is 0.973 bits per heavy atom. The summed E-state index contributed by atoms with van der Waals surface area (Å²) in [6, 6.07) is 22.2. The van der Waals surface area contributed by atoms with Crippen molar-refractivity contribution in [3.05, 3.63) is 112 Å². The zero-order valence-corrected chi connectivity index (χ0v) is 21.4. The second-order valence-electron chi connectivity index (χ2n) is 9.50. The zero-order chi connectivity index (χ0) is 25.8. The molecule has 5 rings (SSSR count). The summed E-state index contributed by atoms with van der Waals surface area (Å²) in [5, 5.41) is 2.99. The molecular weight excluding hydrogens is 466 g/mol. The van der Waals surface area contributed by atoms with Crippen LogP contribution in [0.5, 0.6) is 11.5 Å². The van der Waals surface area contributed by atoms with Crippen LogP contribution < -0.4 is 14.8 Å². The molecule has 1 aliphatic rings. The van der Waals surface area contributed by atoms with E-state index in [4.69, 9.17) is 13.9 Å². The monoisotopic (exact) mass is 497 g/mol. The van der Waals surface area contributed by atoms with Gasteiger partial charge in [0, 0.05) is 13.1 Å². The van der Waals surface area contributed by atoms with Gasteiger partial charge in [0.1, 0.15) is 6.26 Å². The van der Waals surface area contributed by atoms with Crippen LogP contribution in [0, 0.1) is 13.8 Å². The maximum absolute atomic E-state index is 12.8. The van der Waals surface area contributed by atoms with Gasteiger partial charge in [0.15, 0.2) is 17.2 Å². The lowest BCUT2D eigenvalue weighted by Gasteiger charge is -2.22. The van der Waals surface area contributed by atoms with Gasteiger partial charge in [-0.3, -0.25) is 9.69 Å². The number of rotatable bonds is 9. The number of hydrogen-bond acceptors (Lipinski definition) is 6. The number of benzene rings is 3. The number of carbonyl (C=O) groups excluding carboxylic acids is 1. The SMILES string of the molecule is Cc1ccc(CN(Cc2ccc3c(c2)OCO3)Cc2nc(C(=O)N[C@H](C)c3ccccc3)co2)c(C)c1. The van der Waals surface area contributed by atoms with Crippen LogP contribution in [-0.4, -0.2) is 22.6 Å². The Balaban J connectivity index is 1.31. The number of oxazole rings is 1. The van der Waals surface area contributed by atoms with Crippen molar-refractivity contribution in [1.82, 2.24) is 15.2 Å². The number of aryl methyl sites for hydroxylation is 2. The van der Waals surface area contributed by atoms with E-state index in [1.165, 1.54) is 23.0 Å². The molecule has 1 amide bonds. The predicted octanol–water partition coefficient (Wildman–Crippen LogP) is 5.71. The van der Waals surface area contributed by atoms with Crippen LogP contribution in [0.25, 0.3) is 0 Å². The van der Waals surface area contributed by atoms with Gasteiger partial charge in [-0.1, -0.05) is 60.2 Å². The standard InChI is InChI=1S/C30H31N3O4/c1-20-9-11-25(21(2)13-20)16-33(15-23-10-12-27-28(14-23)37-19-36-27)17-29-32-26(18-35-29)30(34)31-22(3)24-7-5-4-6-8-24/h4-14,18,22H,15-17,19H2,1-3H3,(H,31,34)/t22-/m1/s1. The van der Waals surface area contributed by atoms with Gasteiger partial charge in [0.05, 0.1) is 12.6 Å². The van der Waals surface area contributed by atoms with E-state index in [0.29, 0.717) is 25.5 Å². The van der Waals surface area contributed by atoms with E-state index in [0.717, 1.165) is 22.6 Å². The molecule has 37 heavy (non-hydrogen) atoms. The normalized spacial score (nSPS) is 13.1. The topological polar surface area (TPSA) is 76.8 Å². The fourth-order valence-corrected chi connectivity index (χ4v) is 4.50. The van der Waals surface area contributed by atoms with Crippen molar-refractivity contribution in [1.29, 1.82) is 0 Å². The molecule has 190 valence electrons. The molecule has 0 unspecified atom stereocenters. The molecule has 1 N–H and O–H groups in total. The van der Waals surface area contributed by atoms with Crippen molar-refractivity contribution in [3.63, 3.8) is 0 Å². The summed E-state index contributed by atoms with van der Waals surface area (Å²) in [4.78, 5) is 19.6. The number of ether oxygens (including phenoxy) is 2. The van der Waals surface area contributed by atoms with Crippen LogP contribution in [-0.2, 0) is 19.6 Å². The number of aromatic nitrogens is 1. The highest BCUT2D eigenvalue weighted by atomic mass is 16.7. The number of nitrogens with zero attached hydrogens (tertiary/aromatic N) is 2. The second-order valence-corrected chi connectivity index (χ2v) is 9.50. The van der Waals surface area contributed by atoms with Gasteiger partial charge >= 0.3 is 0 Å². The van der Waals surface area contributed by atoms with Crippen LogP contribution in [0.3, 0.4) is 0 Å². The molecule has 0 fully saturated rings. The molecular formula is C30H31N3O4. The first kappa shape index (κ1) is 24.6. The number of carbonyl (C=O) groups is 1. The van der Waals surface area contributed by atoms with E-state index in [-0.39, 0.29) is 24.4 Å². The summed E-state index contributed by atoms with van der Waals surface area (Å²) in [5.74, 6) is 1.75. The number of nitrogens with one attached hydrogen (secondary N) is 1. The first-order valence-electron chi connectivity index (χ1n) is 12.4. The minimum absolute atomic E-state index is 0.138. The Morgan fingerprint density at radius 2 is 1.78 bits per heavy atom. The fraction of sp³-hybridized carbons (Fsp3) is 0.267. The molecule has 0 saturated heterocycles. The molecule has 3 aromatic carbocycles. The number of amides is 1. The van der Waals surface area contributed by atoms with Crippen LogP contribution in [0.15, 0.2) is 77.4 Å². The molecule has 1 atom stereocenters. The highest BCUT2D eigenvalue weighted by molar-refractivity contribution is 5.92. The van der Waals surface area contributed by atoms with Crippen LogP contribution in [0.1, 0.15) is 57.2 Å². The first-order valence-corrected chi connectivity index (χ1v) is 12.4. The van der Waals surface area contributed by atoms with Crippen molar-refractivity contribution in [2.24, 2.45) is 0 Å². The summed E-state index contributed by atoms with van der Waals surface area (Å²) in [6.07, 6.45) is 1.43. The maximum atomic E-state index is 12.8. The average Bonchev–Trinajstić information content (AvgIpc) is 3.55. The molecule has 4 aromatic rings. The Labute approximate surface area is 217 Å². The molecule has 0 spiro atoms. The zero-order valence-electron chi connectivity index (χ0n) is 21.4. The van der Waals surface area contributed by atoms with E-state index in [2.05, 4.69) is 47.2 Å². The maximum Gasteiger partial charge on any atom is 0.273 e. The van der Waals surface area contributed by atoms with Gasteiger partial charge in [-0.05, 0) is 55.2 Å². The van der Waals surface area contributed by atoms with E-state index in [1.807, 2.05) is 55.5 Å². The average molecular weight is 498 g/mol. The van der Waals surface area contributed by atoms with E-state index in [1.54, 1.807) is 0 Å². The fourth-order valence-electron chi connectivity index (χ4n) is 4.50. The van der Waals surface area contributed by atoms with Gasteiger partial charge in [-0.15, -0.1) is 0 Å². The number of hydrogen-bond donors (Lipinski definition) is 1. The molecule has 7 nitrogen and oxygen atoms in total. The van der Waals surface area contributed by atoms with E-state index >= 15 is 0 Å². The molecule has 1 aromatic heterocycles. The highest BCUT2D eigenvalue weighted by Gasteiger charge is 2.19. The molecule has 1 aliphatic heterocycles. The smallest absolute Gasteiger partial charge is 0.273 e. The third kappa shape index (κ3) is 6.01. The molecule has 0 aliphatic carbocycles. The Morgan fingerprint density at radius 3 is 2.59 bits per heavy atom. The molecule has 0 bridgehead atoms. The molecule has 0 radical (unpaired) electrons. The van der Waals surface area contributed by atoms with Crippen LogP contribution in [0.2, 0.25) is 0 Å². The Bertz CT molecular complexity index is 1380. The molecule has 7 heteroatoms. The second kappa shape index (κ2) is 10.9. The summed E-state index contributed by atoms with van der Waals surface area (Å²) in [7, 11) is 0. The lowest BCUT2D eigenvalue weighted by atomic mass is 10.0. The van der Waals surface area contributed by atoms with E-state index < -0.39 is 0 Å². The third-order valence-electron chi connectivity index (χ3n) is 6.53. The minimum atomic E-state index is -0.261. The lowest BCUT2D eigenvalue weighted by molar-refractivity contribution is 0.0934. The third-order valence-corrected chi connectivity index (χ3v) is 6.53. The lowest BCUT2D eigenvalue weighted by Crippen LogP contribution is -2.27. The molecule has 2 heterocycles. The first-order chi connectivity index (χ1) is 17.9. The van der Waals surface area contributed by atoms with E-state index in [9.17, 15) is 4.79 Å². The quantitative estimate of drug-likeness (QED) is 0.319. The summed E-state index contributed by atoms with van der Waals surface area (Å²) < 4.78 is 16.8. The summed E-state index contributed by atoms with van der Waals surface area (Å²) >= 11 is 0. The van der Waals surface area contributed by atoms with Crippen molar-refractivity contribution in [2.45, 2.75) is 46.4 Å². The largest absolute Gasteiger partial charge is 0.454 e. The summed E-state index contributed by atoms with van der Waals surface area (Å²) in [6.45, 7) is 8.22. The van der Waals surface area contributed by atoms with Crippen molar-refractivity contribution in [3.8, 4) is 11.5 Å². The molecule has 0 saturated carbocycles. The Hall–Kier alpha value is -4.10. The van der Waals surface area contributed by atoms with Crippen molar-refractivity contribution in [2.75, 3.05) is 6.79 Å².